The molecule has 0 radical (unpaired) electrons. The second-order valence-electron chi connectivity index (χ2n) is 9.50. The first-order valence-corrected chi connectivity index (χ1v) is 13.9. The van der Waals surface area contributed by atoms with Crippen LogP contribution < -0.4 is 10.1 Å². The molecule has 1 fully saturated rings. The van der Waals surface area contributed by atoms with E-state index < -0.39 is 0 Å². The van der Waals surface area contributed by atoms with Crippen LogP contribution in [0.1, 0.15) is 21.5 Å². The topological polar surface area (TPSA) is 65.1 Å². The lowest BCUT2D eigenvalue weighted by atomic mass is 10.1. The smallest absolute Gasteiger partial charge is 0.321 e. The van der Waals surface area contributed by atoms with Crippen LogP contribution in [-0.2, 0) is 0 Å². The number of nitrogens with zero attached hydrogens (tertiary/aromatic N) is 3. The fourth-order valence-corrected chi connectivity index (χ4v) is 4.84. The minimum absolute atomic E-state index is 0.00567. The second-order valence-corrected chi connectivity index (χ2v) is 10.4. The summed E-state index contributed by atoms with van der Waals surface area (Å²) in [7, 11) is 1.66. The number of hydrogen-bond donors (Lipinski definition) is 1. The first kappa shape index (κ1) is 28.4. The van der Waals surface area contributed by atoms with Crippen molar-refractivity contribution in [3.63, 3.8) is 0 Å². The van der Waals surface area contributed by atoms with Crippen molar-refractivity contribution in [1.29, 1.82) is 0 Å². The van der Waals surface area contributed by atoms with E-state index in [0.29, 0.717) is 31.7 Å². The van der Waals surface area contributed by atoms with Crippen LogP contribution in [-0.4, -0.2) is 79.6 Å². The van der Waals surface area contributed by atoms with Gasteiger partial charge < -0.3 is 19.9 Å². The molecular weight excluding hydrogens is 556 g/mol. The van der Waals surface area contributed by atoms with Gasteiger partial charge in [0.05, 0.1) is 12.8 Å². The molecule has 204 valence electrons. The average molecular weight is 592 g/mol. The van der Waals surface area contributed by atoms with Crippen molar-refractivity contribution in [3.05, 3.63) is 100 Å². The molecule has 0 aromatic heterocycles. The van der Waals surface area contributed by atoms with Gasteiger partial charge in [-0.25, -0.2) is 4.79 Å². The maximum absolute atomic E-state index is 13.4. The van der Waals surface area contributed by atoms with Gasteiger partial charge in [0.15, 0.2) is 0 Å². The summed E-state index contributed by atoms with van der Waals surface area (Å²) in [5, 5.41) is 2.98. The van der Waals surface area contributed by atoms with E-state index in [-0.39, 0.29) is 11.9 Å². The quantitative estimate of drug-likeness (QED) is 0.343. The molecule has 1 N–H and O–H groups in total. The maximum Gasteiger partial charge on any atom is 0.321 e. The third-order valence-electron chi connectivity index (χ3n) is 6.81. The molecule has 0 aliphatic carbocycles. The van der Waals surface area contributed by atoms with Gasteiger partial charge >= 0.3 is 6.03 Å². The molecule has 1 heterocycles. The van der Waals surface area contributed by atoms with Crippen LogP contribution in [0.4, 0.5) is 10.5 Å². The van der Waals surface area contributed by atoms with Crippen LogP contribution in [0.2, 0.25) is 0 Å². The van der Waals surface area contributed by atoms with Crippen LogP contribution in [0.25, 0.3) is 6.08 Å². The van der Waals surface area contributed by atoms with Gasteiger partial charge in [-0.2, -0.15) is 0 Å². The zero-order valence-electron chi connectivity index (χ0n) is 22.5. The Morgan fingerprint density at radius 2 is 1.67 bits per heavy atom. The number of nitrogens with one attached hydrogen (secondary N) is 1. The molecule has 4 rings (SSSR count). The largest absolute Gasteiger partial charge is 0.496 e. The van der Waals surface area contributed by atoms with E-state index in [2.05, 4.69) is 26.1 Å². The number of carbonyl (C=O) groups excluding carboxylic acids is 2. The van der Waals surface area contributed by atoms with Crippen LogP contribution >= 0.6 is 15.9 Å². The highest BCUT2D eigenvalue weighted by Crippen LogP contribution is 2.22. The SMILES string of the molecule is COc1ccccc1C=CCN(CCN1CCN(C(=O)Nc2ccccc2Br)CC1)C(=O)c1ccc(C)cc1. The molecule has 8 heteroatoms. The van der Waals surface area contributed by atoms with E-state index in [4.69, 9.17) is 4.74 Å². The van der Waals surface area contributed by atoms with Crippen LogP contribution in [0.5, 0.6) is 5.75 Å². The Kier molecular flexibility index (Phi) is 10.2. The third kappa shape index (κ3) is 7.94. The van der Waals surface area contributed by atoms with Crippen LogP contribution in [0.3, 0.4) is 0 Å². The van der Waals surface area contributed by atoms with Crippen molar-refractivity contribution in [3.8, 4) is 5.75 Å². The van der Waals surface area contributed by atoms with Crippen molar-refractivity contribution in [2.45, 2.75) is 6.92 Å². The van der Waals surface area contributed by atoms with Crippen molar-refractivity contribution >= 4 is 39.6 Å². The average Bonchev–Trinajstić information content (AvgIpc) is 2.96. The number of para-hydroxylation sites is 2. The van der Waals surface area contributed by atoms with Gasteiger partial charge in [0.25, 0.3) is 5.91 Å². The Balaban J connectivity index is 1.35. The highest BCUT2D eigenvalue weighted by atomic mass is 79.9. The van der Waals surface area contributed by atoms with Crippen molar-refractivity contribution in [2.75, 3.05) is 58.2 Å². The lowest BCUT2D eigenvalue weighted by Crippen LogP contribution is -2.51. The van der Waals surface area contributed by atoms with E-state index in [1.807, 2.05) is 102 Å². The summed E-state index contributed by atoms with van der Waals surface area (Å²) in [6.45, 7) is 6.61. The second kappa shape index (κ2) is 14.0. The Morgan fingerprint density at radius 3 is 2.38 bits per heavy atom. The number of ether oxygens (including phenoxy) is 1. The number of urea groups is 1. The summed E-state index contributed by atoms with van der Waals surface area (Å²) in [6, 6.07) is 23.0. The maximum atomic E-state index is 13.4. The van der Waals surface area contributed by atoms with E-state index in [1.165, 1.54) is 0 Å². The van der Waals surface area contributed by atoms with E-state index in [0.717, 1.165) is 46.7 Å². The molecule has 3 amide bonds. The molecule has 0 spiro atoms. The highest BCUT2D eigenvalue weighted by molar-refractivity contribution is 9.10. The minimum atomic E-state index is -0.0980. The van der Waals surface area contributed by atoms with Crippen LogP contribution in [0, 0.1) is 6.92 Å². The van der Waals surface area contributed by atoms with Crippen molar-refractivity contribution in [1.82, 2.24) is 14.7 Å². The standard InChI is InChI=1S/C31H35BrN4O3/c1-24-13-15-26(16-14-24)30(37)35(17-7-9-25-8-3-6-12-29(25)39-2)21-18-34-19-22-36(23-20-34)31(38)33-28-11-5-4-10-27(28)32/h3-16H,17-23H2,1-2H3,(H,33,38). The van der Waals surface area contributed by atoms with Gasteiger partial charge in [0.1, 0.15) is 5.75 Å². The number of halogens is 1. The van der Waals surface area contributed by atoms with E-state index >= 15 is 0 Å². The number of methoxy groups -OCH3 is 1. The summed E-state index contributed by atoms with van der Waals surface area (Å²) in [6.07, 6.45) is 4.00. The Labute approximate surface area is 239 Å². The molecule has 1 aliphatic heterocycles. The van der Waals surface area contributed by atoms with Crippen molar-refractivity contribution in [2.24, 2.45) is 0 Å². The lowest BCUT2D eigenvalue weighted by Gasteiger charge is -2.35. The number of aryl methyl sites for hydroxylation is 1. The lowest BCUT2D eigenvalue weighted by molar-refractivity contribution is 0.0739. The number of hydrogen-bond acceptors (Lipinski definition) is 4. The van der Waals surface area contributed by atoms with Gasteiger partial charge in [0, 0.05) is 61.4 Å². The molecule has 1 saturated heterocycles. The summed E-state index contributed by atoms with van der Waals surface area (Å²) >= 11 is 3.48. The normalized spacial score (nSPS) is 13.9. The molecule has 3 aromatic rings. The Hall–Kier alpha value is -3.62. The number of piperazine rings is 1. The number of carbonyl (C=O) groups is 2. The van der Waals surface area contributed by atoms with Gasteiger partial charge in [-0.15, -0.1) is 0 Å². The Bertz CT molecular complexity index is 1290. The van der Waals surface area contributed by atoms with E-state index in [1.54, 1.807) is 7.11 Å². The minimum Gasteiger partial charge on any atom is -0.496 e. The van der Waals surface area contributed by atoms with Gasteiger partial charge in [-0.3, -0.25) is 9.69 Å². The van der Waals surface area contributed by atoms with Crippen molar-refractivity contribution < 1.29 is 14.3 Å². The molecular formula is C31H35BrN4O3. The molecule has 0 bridgehead atoms. The number of benzene rings is 3. The molecule has 0 atom stereocenters. The highest BCUT2D eigenvalue weighted by Gasteiger charge is 2.23. The van der Waals surface area contributed by atoms with Crippen LogP contribution in [0.15, 0.2) is 83.3 Å². The van der Waals surface area contributed by atoms with Gasteiger partial charge in [-0.05, 0) is 53.2 Å². The zero-order valence-corrected chi connectivity index (χ0v) is 24.1. The molecule has 0 unspecified atom stereocenters. The number of amides is 3. The first-order chi connectivity index (χ1) is 18.9. The molecule has 1 aliphatic rings. The number of rotatable bonds is 9. The predicted octanol–water partition coefficient (Wildman–Crippen LogP) is 5.77. The Morgan fingerprint density at radius 1 is 0.974 bits per heavy atom. The summed E-state index contributed by atoms with van der Waals surface area (Å²) in [5.74, 6) is 0.804. The fourth-order valence-electron chi connectivity index (χ4n) is 4.46. The summed E-state index contributed by atoms with van der Waals surface area (Å²) in [5.41, 5.74) is 3.53. The summed E-state index contributed by atoms with van der Waals surface area (Å²) < 4.78 is 6.31. The fraction of sp³-hybridized carbons (Fsp3) is 0.290. The van der Waals surface area contributed by atoms with Gasteiger partial charge in [0.2, 0.25) is 0 Å². The molecule has 7 nitrogen and oxygen atoms in total. The van der Waals surface area contributed by atoms with E-state index in [9.17, 15) is 9.59 Å². The predicted molar refractivity (Wildman–Crippen MR) is 160 cm³/mol. The molecule has 3 aromatic carbocycles. The zero-order chi connectivity index (χ0) is 27.6. The monoisotopic (exact) mass is 590 g/mol. The molecule has 39 heavy (non-hydrogen) atoms. The van der Waals surface area contributed by atoms with Gasteiger partial charge in [-0.1, -0.05) is 60.2 Å². The summed E-state index contributed by atoms with van der Waals surface area (Å²) in [4.78, 5) is 32.2. The number of anilines is 1. The molecule has 0 saturated carbocycles. The first-order valence-electron chi connectivity index (χ1n) is 13.1. The third-order valence-corrected chi connectivity index (χ3v) is 7.50.